The van der Waals surface area contributed by atoms with Gasteiger partial charge in [0.05, 0.1) is 11.9 Å². The Morgan fingerprint density at radius 2 is 2.12 bits per heavy atom. The maximum Gasteiger partial charge on any atom is 0.216 e. The number of methoxy groups -OCH3 is 1. The molecule has 2 N–H and O–H groups in total. The van der Waals surface area contributed by atoms with Gasteiger partial charge in [0.15, 0.2) is 0 Å². The third-order valence-corrected chi connectivity index (χ3v) is 5.51. The Bertz CT molecular complexity index is 354. The molecule has 1 aliphatic rings. The van der Waals surface area contributed by atoms with Crippen LogP contribution >= 0.6 is 0 Å². The molecule has 0 aliphatic carbocycles. The monoisotopic (exact) mass is 264 g/mol. The van der Waals surface area contributed by atoms with Gasteiger partial charge in [-0.1, -0.05) is 13.8 Å². The van der Waals surface area contributed by atoms with Crippen LogP contribution in [0.4, 0.5) is 0 Å². The van der Waals surface area contributed by atoms with E-state index in [0.29, 0.717) is 19.5 Å². The first-order valence-electron chi connectivity index (χ1n) is 5.95. The molecular weight excluding hydrogens is 240 g/mol. The van der Waals surface area contributed by atoms with Gasteiger partial charge >= 0.3 is 0 Å². The van der Waals surface area contributed by atoms with Gasteiger partial charge in [-0.25, -0.2) is 12.7 Å². The summed E-state index contributed by atoms with van der Waals surface area (Å²) in [4.78, 5) is 0. The van der Waals surface area contributed by atoms with E-state index in [2.05, 4.69) is 0 Å². The van der Waals surface area contributed by atoms with Crippen molar-refractivity contribution in [3.8, 4) is 0 Å². The second kappa shape index (κ2) is 5.22. The lowest BCUT2D eigenvalue weighted by Crippen LogP contribution is -2.54. The predicted molar refractivity (Wildman–Crippen MR) is 68.2 cm³/mol. The van der Waals surface area contributed by atoms with E-state index in [1.807, 2.05) is 13.8 Å². The van der Waals surface area contributed by atoms with Crippen molar-refractivity contribution in [1.29, 1.82) is 0 Å². The third-order valence-electron chi connectivity index (χ3n) is 3.52. The Morgan fingerprint density at radius 1 is 1.53 bits per heavy atom. The van der Waals surface area contributed by atoms with Crippen molar-refractivity contribution in [3.05, 3.63) is 0 Å². The van der Waals surface area contributed by atoms with Crippen LogP contribution in [0.15, 0.2) is 0 Å². The van der Waals surface area contributed by atoms with Crippen molar-refractivity contribution in [3.63, 3.8) is 0 Å². The van der Waals surface area contributed by atoms with Gasteiger partial charge in [0.2, 0.25) is 10.0 Å². The fraction of sp³-hybridized carbons (Fsp3) is 1.00. The standard InChI is InChI=1S/C11H24N2O3S/c1-9(16-4)7-17(14,15)13-6-5-10(12)11(2,3)8-13/h9-10H,5-8,12H2,1-4H3. The van der Waals surface area contributed by atoms with Gasteiger partial charge in [-0.05, 0) is 18.8 Å². The Kier molecular flexibility index (Phi) is 4.57. The van der Waals surface area contributed by atoms with Crippen molar-refractivity contribution in [2.75, 3.05) is 26.0 Å². The summed E-state index contributed by atoms with van der Waals surface area (Å²) in [6.45, 7) is 6.80. The van der Waals surface area contributed by atoms with E-state index in [1.54, 1.807) is 11.2 Å². The zero-order valence-electron chi connectivity index (χ0n) is 11.1. The van der Waals surface area contributed by atoms with Gasteiger partial charge in [0, 0.05) is 26.2 Å². The van der Waals surface area contributed by atoms with E-state index in [4.69, 9.17) is 10.5 Å². The van der Waals surface area contributed by atoms with Crippen molar-refractivity contribution < 1.29 is 13.2 Å². The molecule has 1 fully saturated rings. The largest absolute Gasteiger partial charge is 0.381 e. The molecule has 0 bridgehead atoms. The molecule has 0 aromatic rings. The third kappa shape index (κ3) is 3.64. The number of nitrogens with two attached hydrogens (primary N) is 1. The maximum atomic E-state index is 12.2. The molecular formula is C11H24N2O3S. The van der Waals surface area contributed by atoms with Crippen LogP contribution < -0.4 is 5.73 Å². The number of sulfonamides is 1. The van der Waals surface area contributed by atoms with Crippen LogP contribution in [0.1, 0.15) is 27.2 Å². The summed E-state index contributed by atoms with van der Waals surface area (Å²) in [5.41, 5.74) is 5.83. The second-order valence-electron chi connectivity index (χ2n) is 5.54. The number of ether oxygens (including phenoxy) is 1. The molecule has 102 valence electrons. The molecule has 17 heavy (non-hydrogen) atoms. The fourth-order valence-electron chi connectivity index (χ4n) is 2.03. The zero-order valence-corrected chi connectivity index (χ0v) is 12.0. The number of nitrogens with zero attached hydrogens (tertiary/aromatic N) is 1. The van der Waals surface area contributed by atoms with Crippen LogP contribution in [0.2, 0.25) is 0 Å². The van der Waals surface area contributed by atoms with Gasteiger partial charge in [0.25, 0.3) is 0 Å². The molecule has 0 radical (unpaired) electrons. The summed E-state index contributed by atoms with van der Waals surface area (Å²) in [6.07, 6.45) is 0.437. The Balaban J connectivity index is 2.74. The van der Waals surface area contributed by atoms with Crippen LogP contribution in [-0.2, 0) is 14.8 Å². The van der Waals surface area contributed by atoms with Crippen LogP contribution in [0.3, 0.4) is 0 Å². The van der Waals surface area contributed by atoms with Crippen molar-refractivity contribution in [2.45, 2.75) is 39.3 Å². The molecule has 1 heterocycles. The predicted octanol–water partition coefficient (Wildman–Crippen LogP) is 0.410. The lowest BCUT2D eigenvalue weighted by molar-refractivity contribution is 0.129. The van der Waals surface area contributed by atoms with Crippen LogP contribution in [-0.4, -0.2) is 50.8 Å². The zero-order chi connectivity index (χ0) is 13.3. The molecule has 1 saturated heterocycles. The quantitative estimate of drug-likeness (QED) is 0.798. The SMILES string of the molecule is COC(C)CS(=O)(=O)N1CCC(N)C(C)(C)C1. The summed E-state index contributed by atoms with van der Waals surface area (Å²) >= 11 is 0. The first kappa shape index (κ1) is 14.9. The minimum atomic E-state index is -3.24. The number of rotatable bonds is 4. The van der Waals surface area contributed by atoms with Crippen molar-refractivity contribution in [1.82, 2.24) is 4.31 Å². The maximum absolute atomic E-state index is 12.2. The average molecular weight is 264 g/mol. The minimum absolute atomic E-state index is 0.0365. The Labute approximate surface area is 104 Å². The summed E-state index contributed by atoms with van der Waals surface area (Å²) in [5, 5.41) is 0. The van der Waals surface area contributed by atoms with Gasteiger partial charge < -0.3 is 10.5 Å². The molecule has 2 atom stereocenters. The van der Waals surface area contributed by atoms with Crippen molar-refractivity contribution in [2.24, 2.45) is 11.1 Å². The van der Waals surface area contributed by atoms with E-state index in [0.717, 1.165) is 0 Å². The van der Waals surface area contributed by atoms with E-state index < -0.39 is 10.0 Å². The molecule has 6 heteroatoms. The van der Waals surface area contributed by atoms with E-state index >= 15 is 0 Å². The molecule has 0 aromatic heterocycles. The highest BCUT2D eigenvalue weighted by Crippen LogP contribution is 2.29. The van der Waals surface area contributed by atoms with Crippen LogP contribution in [0.25, 0.3) is 0 Å². The number of hydrogen-bond acceptors (Lipinski definition) is 4. The molecule has 0 saturated carbocycles. The highest BCUT2D eigenvalue weighted by atomic mass is 32.2. The fourth-order valence-corrected chi connectivity index (χ4v) is 3.89. The first-order chi connectivity index (χ1) is 7.69. The summed E-state index contributed by atoms with van der Waals surface area (Å²) in [5.74, 6) is 0.0365. The lowest BCUT2D eigenvalue weighted by Gasteiger charge is -2.42. The van der Waals surface area contributed by atoms with Crippen LogP contribution in [0.5, 0.6) is 0 Å². The summed E-state index contributed by atoms with van der Waals surface area (Å²) in [6, 6.07) is 0.0637. The highest BCUT2D eigenvalue weighted by molar-refractivity contribution is 7.89. The number of hydrogen-bond donors (Lipinski definition) is 1. The summed E-state index contributed by atoms with van der Waals surface area (Å²) < 4.78 is 30.9. The van der Waals surface area contributed by atoms with E-state index in [1.165, 1.54) is 7.11 Å². The van der Waals surface area contributed by atoms with E-state index in [-0.39, 0.29) is 23.3 Å². The van der Waals surface area contributed by atoms with Gasteiger partial charge in [-0.3, -0.25) is 0 Å². The van der Waals surface area contributed by atoms with Gasteiger partial charge in [0.1, 0.15) is 0 Å². The van der Waals surface area contributed by atoms with E-state index in [9.17, 15) is 8.42 Å². The Morgan fingerprint density at radius 3 is 2.59 bits per heavy atom. The number of piperidine rings is 1. The molecule has 0 aromatic carbocycles. The topological polar surface area (TPSA) is 72.6 Å². The lowest BCUT2D eigenvalue weighted by atomic mass is 9.81. The Hall–Kier alpha value is -0.170. The second-order valence-corrected chi connectivity index (χ2v) is 7.56. The van der Waals surface area contributed by atoms with Crippen molar-refractivity contribution >= 4 is 10.0 Å². The molecule has 5 nitrogen and oxygen atoms in total. The van der Waals surface area contributed by atoms with Crippen LogP contribution in [0, 0.1) is 5.41 Å². The average Bonchev–Trinajstić information content (AvgIpc) is 2.21. The minimum Gasteiger partial charge on any atom is -0.381 e. The highest BCUT2D eigenvalue weighted by Gasteiger charge is 2.38. The molecule has 2 unspecified atom stereocenters. The molecule has 1 aliphatic heterocycles. The molecule has 0 amide bonds. The van der Waals surface area contributed by atoms with Gasteiger partial charge in [-0.15, -0.1) is 0 Å². The molecule has 1 rings (SSSR count). The first-order valence-corrected chi connectivity index (χ1v) is 7.56. The molecule has 0 spiro atoms. The smallest absolute Gasteiger partial charge is 0.216 e. The normalized spacial score (nSPS) is 27.9. The van der Waals surface area contributed by atoms with Gasteiger partial charge in [-0.2, -0.15) is 0 Å². The summed E-state index contributed by atoms with van der Waals surface area (Å²) in [7, 11) is -1.71.